The molecular weight excluding hydrogens is 402 g/mol. The van der Waals surface area contributed by atoms with E-state index in [-0.39, 0.29) is 18.0 Å². The molecule has 2 heterocycles. The van der Waals surface area contributed by atoms with Crippen LogP contribution in [0.3, 0.4) is 0 Å². The summed E-state index contributed by atoms with van der Waals surface area (Å²) < 4.78 is 0. The van der Waals surface area contributed by atoms with E-state index in [1.54, 1.807) is 11.3 Å². The molecule has 4 nitrogen and oxygen atoms in total. The number of amides is 1. The minimum absolute atomic E-state index is 0.0408. The van der Waals surface area contributed by atoms with E-state index in [9.17, 15) is 4.79 Å². The van der Waals surface area contributed by atoms with E-state index in [0.717, 1.165) is 32.5 Å². The zero-order chi connectivity index (χ0) is 21.5. The van der Waals surface area contributed by atoms with Crippen LogP contribution < -0.4 is 10.6 Å². The van der Waals surface area contributed by atoms with Crippen molar-refractivity contribution in [3.63, 3.8) is 0 Å². The number of rotatable bonds is 8. The summed E-state index contributed by atoms with van der Waals surface area (Å²) in [5.74, 6) is 0.0789. The van der Waals surface area contributed by atoms with Gasteiger partial charge in [-0.3, -0.25) is 15.0 Å². The number of thiophene rings is 1. The van der Waals surface area contributed by atoms with Crippen molar-refractivity contribution in [1.82, 2.24) is 15.5 Å². The highest BCUT2D eigenvalue weighted by molar-refractivity contribution is 7.10. The Morgan fingerprint density at radius 1 is 1.03 bits per heavy atom. The van der Waals surface area contributed by atoms with Gasteiger partial charge in [0.25, 0.3) is 0 Å². The average Bonchev–Trinajstić information content (AvgIpc) is 3.32. The second-order valence-electron chi connectivity index (χ2n) is 8.34. The molecule has 1 aromatic heterocycles. The number of benzene rings is 2. The fourth-order valence-electron chi connectivity index (χ4n) is 4.15. The third kappa shape index (κ3) is 6.26. The number of hydrogen-bond donors (Lipinski definition) is 2. The van der Waals surface area contributed by atoms with E-state index in [1.165, 1.54) is 21.6 Å². The van der Waals surface area contributed by atoms with Crippen LogP contribution in [0.5, 0.6) is 0 Å². The van der Waals surface area contributed by atoms with E-state index in [1.807, 2.05) is 0 Å². The molecule has 0 bridgehead atoms. The number of likely N-dealkylation sites (tertiary alicyclic amines) is 1. The van der Waals surface area contributed by atoms with Crippen LogP contribution >= 0.6 is 11.3 Å². The molecule has 2 N–H and O–H groups in total. The van der Waals surface area contributed by atoms with E-state index in [2.05, 4.69) is 94.6 Å². The molecule has 1 aliphatic heterocycles. The van der Waals surface area contributed by atoms with E-state index < -0.39 is 0 Å². The Labute approximate surface area is 189 Å². The Morgan fingerprint density at radius 2 is 1.77 bits per heavy atom. The largest absolute Gasteiger partial charge is 0.352 e. The molecule has 31 heavy (non-hydrogen) atoms. The summed E-state index contributed by atoms with van der Waals surface area (Å²) in [6.45, 7) is 5.45. The maximum atomic E-state index is 12.7. The third-order valence-electron chi connectivity index (χ3n) is 5.91. The van der Waals surface area contributed by atoms with Gasteiger partial charge in [0, 0.05) is 30.6 Å². The maximum absolute atomic E-state index is 12.7. The molecule has 162 valence electrons. The van der Waals surface area contributed by atoms with Crippen LogP contribution in [0.25, 0.3) is 0 Å². The predicted molar refractivity (Wildman–Crippen MR) is 128 cm³/mol. The molecule has 1 amide bonds. The quantitative estimate of drug-likeness (QED) is 0.549. The van der Waals surface area contributed by atoms with Gasteiger partial charge in [-0.05, 0) is 42.3 Å². The lowest BCUT2D eigenvalue weighted by Crippen LogP contribution is -2.47. The van der Waals surface area contributed by atoms with Gasteiger partial charge >= 0.3 is 0 Å². The lowest BCUT2D eigenvalue weighted by atomic mass is 10.0. The van der Waals surface area contributed by atoms with Crippen molar-refractivity contribution in [1.29, 1.82) is 0 Å². The lowest BCUT2D eigenvalue weighted by Gasteiger charge is -2.32. The van der Waals surface area contributed by atoms with Gasteiger partial charge in [0.1, 0.15) is 0 Å². The highest BCUT2D eigenvalue weighted by atomic mass is 32.1. The molecule has 1 saturated heterocycles. The van der Waals surface area contributed by atoms with Gasteiger partial charge in [-0.1, -0.05) is 66.2 Å². The summed E-state index contributed by atoms with van der Waals surface area (Å²) in [7, 11) is 0. The average molecular weight is 434 g/mol. The number of piperidine rings is 1. The van der Waals surface area contributed by atoms with Crippen LogP contribution in [0.1, 0.15) is 40.5 Å². The summed E-state index contributed by atoms with van der Waals surface area (Å²) in [6.07, 6.45) is 2.01. The van der Waals surface area contributed by atoms with Gasteiger partial charge < -0.3 is 5.32 Å². The Balaban J connectivity index is 1.26. The first-order chi connectivity index (χ1) is 15.2. The molecule has 3 aromatic rings. The highest BCUT2D eigenvalue weighted by Crippen LogP contribution is 2.26. The summed E-state index contributed by atoms with van der Waals surface area (Å²) in [5.41, 5.74) is 3.78. The van der Waals surface area contributed by atoms with E-state index in [0.29, 0.717) is 6.54 Å². The van der Waals surface area contributed by atoms with Gasteiger partial charge in [0.15, 0.2) is 0 Å². The van der Waals surface area contributed by atoms with Crippen molar-refractivity contribution in [3.05, 3.63) is 93.7 Å². The normalized spacial score (nSPS) is 16.2. The molecule has 4 rings (SSSR count). The smallest absolute Gasteiger partial charge is 0.234 e. The summed E-state index contributed by atoms with van der Waals surface area (Å²) >= 11 is 1.72. The van der Waals surface area contributed by atoms with Crippen molar-refractivity contribution in [2.24, 2.45) is 0 Å². The molecular formula is C26H31N3OS. The van der Waals surface area contributed by atoms with Crippen LogP contribution in [0, 0.1) is 6.92 Å². The fourth-order valence-corrected chi connectivity index (χ4v) is 4.97. The number of carbonyl (C=O) groups excluding carboxylic acids is 1. The van der Waals surface area contributed by atoms with Gasteiger partial charge in [-0.25, -0.2) is 0 Å². The van der Waals surface area contributed by atoms with Crippen LogP contribution in [-0.2, 0) is 11.3 Å². The molecule has 0 spiro atoms. The maximum Gasteiger partial charge on any atom is 0.234 e. The van der Waals surface area contributed by atoms with Crippen molar-refractivity contribution in [3.8, 4) is 0 Å². The molecule has 0 aliphatic carbocycles. The molecule has 0 radical (unpaired) electrons. The van der Waals surface area contributed by atoms with Crippen LogP contribution in [0.15, 0.2) is 72.1 Å². The van der Waals surface area contributed by atoms with Crippen LogP contribution in [0.2, 0.25) is 0 Å². The topological polar surface area (TPSA) is 44.4 Å². The second kappa shape index (κ2) is 10.7. The number of carbonyl (C=O) groups is 1. The number of nitrogens with one attached hydrogen (secondary N) is 2. The van der Waals surface area contributed by atoms with Crippen molar-refractivity contribution in [2.75, 3.05) is 19.6 Å². The molecule has 1 aliphatic rings. The second-order valence-corrected chi connectivity index (χ2v) is 9.32. The van der Waals surface area contributed by atoms with Gasteiger partial charge in [0.05, 0.1) is 12.6 Å². The monoisotopic (exact) mass is 433 g/mol. The highest BCUT2D eigenvalue weighted by Gasteiger charge is 2.22. The minimum atomic E-state index is 0.0408. The van der Waals surface area contributed by atoms with Crippen LogP contribution in [0.4, 0.5) is 0 Å². The minimum Gasteiger partial charge on any atom is -0.352 e. The van der Waals surface area contributed by atoms with Crippen LogP contribution in [-0.4, -0.2) is 36.5 Å². The van der Waals surface area contributed by atoms with Gasteiger partial charge in [-0.15, -0.1) is 11.3 Å². The summed E-state index contributed by atoms with van der Waals surface area (Å²) in [6, 6.07) is 23.6. The van der Waals surface area contributed by atoms with Crippen molar-refractivity contribution in [2.45, 2.75) is 38.4 Å². The molecule has 0 saturated carbocycles. The molecule has 2 aromatic carbocycles. The van der Waals surface area contributed by atoms with Crippen molar-refractivity contribution >= 4 is 17.2 Å². The Morgan fingerprint density at radius 3 is 2.45 bits per heavy atom. The Kier molecular flexibility index (Phi) is 7.52. The Hall–Kier alpha value is -2.47. The zero-order valence-electron chi connectivity index (χ0n) is 18.1. The van der Waals surface area contributed by atoms with E-state index in [4.69, 9.17) is 0 Å². The molecule has 0 unspecified atom stereocenters. The molecule has 1 fully saturated rings. The third-order valence-corrected chi connectivity index (χ3v) is 6.84. The Bertz CT molecular complexity index is 933. The standard InChI is InChI=1S/C26H31N3OS/c1-20-9-11-22(12-10-20)26(24-8-5-17-31-24)27-18-25(30)28-23-13-15-29(16-14-23)19-21-6-3-2-4-7-21/h2-12,17,23,26-27H,13-16,18-19H2,1H3,(H,28,30)/t26-/m1/s1. The summed E-state index contributed by atoms with van der Waals surface area (Å²) in [4.78, 5) is 16.4. The van der Waals surface area contributed by atoms with Gasteiger partial charge in [-0.2, -0.15) is 0 Å². The SMILES string of the molecule is Cc1ccc([C@@H](NCC(=O)NC2CCN(Cc3ccccc3)CC2)c2cccs2)cc1. The van der Waals surface area contributed by atoms with Gasteiger partial charge in [0.2, 0.25) is 5.91 Å². The lowest BCUT2D eigenvalue weighted by molar-refractivity contribution is -0.121. The zero-order valence-corrected chi connectivity index (χ0v) is 18.9. The number of nitrogens with zero attached hydrogens (tertiary/aromatic N) is 1. The fraction of sp³-hybridized carbons (Fsp3) is 0.346. The molecule has 1 atom stereocenters. The van der Waals surface area contributed by atoms with Crippen molar-refractivity contribution < 1.29 is 4.79 Å². The number of hydrogen-bond acceptors (Lipinski definition) is 4. The first kappa shape index (κ1) is 21.8. The summed E-state index contributed by atoms with van der Waals surface area (Å²) in [5, 5.41) is 8.80. The predicted octanol–water partition coefficient (Wildman–Crippen LogP) is 4.52. The first-order valence-corrected chi connectivity index (χ1v) is 11.9. The number of aryl methyl sites for hydroxylation is 1. The van der Waals surface area contributed by atoms with E-state index >= 15 is 0 Å². The first-order valence-electron chi connectivity index (χ1n) is 11.1. The molecule has 5 heteroatoms.